The summed E-state index contributed by atoms with van der Waals surface area (Å²) in [5.41, 5.74) is 0.251. The summed E-state index contributed by atoms with van der Waals surface area (Å²) in [5.74, 6) is 1.81. The molecule has 0 bridgehead atoms. The van der Waals surface area contributed by atoms with Crippen LogP contribution in [0.5, 0.6) is 0 Å². The molecule has 3 heterocycles. The van der Waals surface area contributed by atoms with E-state index in [1.165, 1.54) is 19.3 Å². The van der Waals surface area contributed by atoms with Gasteiger partial charge >= 0.3 is 0 Å². The molecule has 146 valence electrons. The minimum Gasteiger partial charge on any atom is -0.363 e. The Morgan fingerprint density at radius 1 is 1.22 bits per heavy atom. The Hall–Kier alpha value is -2.11. The van der Waals surface area contributed by atoms with Crippen LogP contribution in [0.25, 0.3) is 0 Å². The SMILES string of the molecule is CN(C)c1ccc(C(=O)N2CCC3(CCCN(CC4CCC4)C3=O)C2)cn1. The van der Waals surface area contributed by atoms with Crippen molar-refractivity contribution in [3.63, 3.8) is 0 Å². The number of rotatable bonds is 4. The highest BCUT2D eigenvalue weighted by atomic mass is 16.2. The van der Waals surface area contributed by atoms with E-state index in [0.717, 1.165) is 38.2 Å². The van der Waals surface area contributed by atoms with Gasteiger partial charge in [0.25, 0.3) is 5.91 Å². The molecule has 1 saturated carbocycles. The van der Waals surface area contributed by atoms with Crippen LogP contribution in [0.1, 0.15) is 48.9 Å². The standard InChI is InChI=1S/C21H30N4O2/c1-23(2)18-8-7-17(13-22-18)19(26)25-12-10-21(15-25)9-4-11-24(20(21)27)14-16-5-3-6-16/h7-8,13,16H,3-6,9-12,14-15H2,1-2H3. The van der Waals surface area contributed by atoms with Crippen LogP contribution in [0.2, 0.25) is 0 Å². The third kappa shape index (κ3) is 3.42. The first kappa shape index (κ1) is 18.3. The van der Waals surface area contributed by atoms with Gasteiger partial charge in [-0.1, -0.05) is 6.42 Å². The molecule has 6 nitrogen and oxygen atoms in total. The van der Waals surface area contributed by atoms with E-state index in [2.05, 4.69) is 9.88 Å². The van der Waals surface area contributed by atoms with Gasteiger partial charge in [0.1, 0.15) is 5.82 Å². The van der Waals surface area contributed by atoms with Crippen molar-refractivity contribution in [3.05, 3.63) is 23.9 Å². The monoisotopic (exact) mass is 370 g/mol. The van der Waals surface area contributed by atoms with E-state index in [-0.39, 0.29) is 17.2 Å². The van der Waals surface area contributed by atoms with E-state index in [4.69, 9.17) is 0 Å². The maximum Gasteiger partial charge on any atom is 0.255 e. The van der Waals surface area contributed by atoms with Crippen molar-refractivity contribution < 1.29 is 9.59 Å². The summed E-state index contributed by atoms with van der Waals surface area (Å²) in [7, 11) is 3.86. The number of piperidine rings is 1. The van der Waals surface area contributed by atoms with Crippen molar-refractivity contribution in [1.29, 1.82) is 0 Å². The predicted octanol–water partition coefficient (Wildman–Crippen LogP) is 2.40. The van der Waals surface area contributed by atoms with E-state index in [1.807, 2.05) is 36.0 Å². The third-order valence-corrected chi connectivity index (χ3v) is 6.62. The summed E-state index contributed by atoms with van der Waals surface area (Å²) in [5, 5.41) is 0. The molecule has 1 aromatic heterocycles. The molecule has 4 rings (SSSR count). The van der Waals surface area contributed by atoms with E-state index < -0.39 is 0 Å². The molecular weight excluding hydrogens is 340 g/mol. The minimum atomic E-state index is -0.353. The molecule has 27 heavy (non-hydrogen) atoms. The molecule has 3 aliphatic rings. The Labute approximate surface area is 161 Å². The summed E-state index contributed by atoms with van der Waals surface area (Å²) in [6.45, 7) is 3.03. The fourth-order valence-electron chi connectivity index (χ4n) is 4.70. The number of carbonyl (C=O) groups excluding carboxylic acids is 2. The van der Waals surface area contributed by atoms with Crippen LogP contribution in [0.15, 0.2) is 18.3 Å². The predicted molar refractivity (Wildman–Crippen MR) is 105 cm³/mol. The minimum absolute atomic E-state index is 0.00593. The Bertz CT molecular complexity index is 713. The molecule has 3 fully saturated rings. The van der Waals surface area contributed by atoms with E-state index >= 15 is 0 Å². The Kier molecular flexibility index (Phi) is 4.82. The van der Waals surface area contributed by atoms with Gasteiger partial charge in [-0.3, -0.25) is 9.59 Å². The molecule has 6 heteroatoms. The number of anilines is 1. The number of aromatic nitrogens is 1. The molecule has 0 radical (unpaired) electrons. The zero-order valence-corrected chi connectivity index (χ0v) is 16.5. The molecule has 1 spiro atoms. The van der Waals surface area contributed by atoms with Crippen molar-refractivity contribution in [2.45, 2.75) is 38.5 Å². The van der Waals surface area contributed by atoms with Crippen molar-refractivity contribution in [3.8, 4) is 0 Å². The Morgan fingerprint density at radius 3 is 2.67 bits per heavy atom. The fraction of sp³-hybridized carbons (Fsp3) is 0.667. The van der Waals surface area contributed by atoms with Crippen LogP contribution in [-0.2, 0) is 4.79 Å². The van der Waals surface area contributed by atoms with Crippen LogP contribution in [-0.4, -0.2) is 66.9 Å². The molecule has 2 amide bonds. The number of carbonyl (C=O) groups is 2. The molecule has 0 aromatic carbocycles. The van der Waals surface area contributed by atoms with Crippen LogP contribution in [0, 0.1) is 11.3 Å². The van der Waals surface area contributed by atoms with E-state index in [9.17, 15) is 9.59 Å². The number of nitrogens with zero attached hydrogens (tertiary/aromatic N) is 4. The maximum absolute atomic E-state index is 13.2. The van der Waals surface area contributed by atoms with Gasteiger partial charge in [0, 0.05) is 46.5 Å². The van der Waals surface area contributed by atoms with Gasteiger partial charge in [0.15, 0.2) is 0 Å². The number of pyridine rings is 1. The van der Waals surface area contributed by atoms with Crippen LogP contribution in [0.3, 0.4) is 0 Å². The zero-order chi connectivity index (χ0) is 19.0. The first-order valence-electron chi connectivity index (χ1n) is 10.2. The van der Waals surface area contributed by atoms with Gasteiger partial charge in [0.05, 0.1) is 11.0 Å². The van der Waals surface area contributed by atoms with Gasteiger partial charge < -0.3 is 14.7 Å². The number of hydrogen-bond donors (Lipinski definition) is 0. The van der Waals surface area contributed by atoms with Gasteiger partial charge in [-0.05, 0) is 50.2 Å². The van der Waals surface area contributed by atoms with Crippen LogP contribution in [0.4, 0.5) is 5.82 Å². The second-order valence-corrected chi connectivity index (χ2v) is 8.71. The average Bonchev–Trinajstić information content (AvgIpc) is 3.06. The lowest BCUT2D eigenvalue weighted by molar-refractivity contribution is -0.146. The Morgan fingerprint density at radius 2 is 2.04 bits per heavy atom. The molecule has 2 saturated heterocycles. The average molecular weight is 370 g/mol. The lowest BCUT2D eigenvalue weighted by atomic mass is 9.77. The summed E-state index contributed by atoms with van der Waals surface area (Å²) in [4.78, 5) is 36.4. The first-order valence-corrected chi connectivity index (χ1v) is 10.2. The summed E-state index contributed by atoms with van der Waals surface area (Å²) < 4.78 is 0. The third-order valence-electron chi connectivity index (χ3n) is 6.62. The summed E-state index contributed by atoms with van der Waals surface area (Å²) in [6, 6.07) is 3.70. The largest absolute Gasteiger partial charge is 0.363 e. The van der Waals surface area contributed by atoms with Gasteiger partial charge in [-0.25, -0.2) is 4.98 Å². The number of amides is 2. The smallest absolute Gasteiger partial charge is 0.255 e. The van der Waals surface area contributed by atoms with Gasteiger partial charge in [-0.15, -0.1) is 0 Å². The number of likely N-dealkylation sites (tertiary alicyclic amines) is 2. The van der Waals surface area contributed by atoms with Gasteiger partial charge in [0.2, 0.25) is 5.91 Å². The summed E-state index contributed by atoms with van der Waals surface area (Å²) in [6.07, 6.45) is 8.24. The molecule has 0 N–H and O–H groups in total. The number of hydrogen-bond acceptors (Lipinski definition) is 4. The highest BCUT2D eigenvalue weighted by Crippen LogP contribution is 2.41. The highest BCUT2D eigenvalue weighted by molar-refractivity contribution is 5.95. The summed E-state index contributed by atoms with van der Waals surface area (Å²) >= 11 is 0. The molecule has 1 atom stereocenters. The van der Waals surface area contributed by atoms with Crippen molar-refractivity contribution in [2.24, 2.45) is 11.3 Å². The highest BCUT2D eigenvalue weighted by Gasteiger charge is 2.49. The molecule has 2 aliphatic heterocycles. The molecule has 1 aliphatic carbocycles. The zero-order valence-electron chi connectivity index (χ0n) is 16.5. The quantitative estimate of drug-likeness (QED) is 0.817. The lowest BCUT2D eigenvalue weighted by Gasteiger charge is -2.42. The molecular formula is C21H30N4O2. The molecule has 1 unspecified atom stereocenters. The van der Waals surface area contributed by atoms with E-state index in [0.29, 0.717) is 24.6 Å². The first-order chi connectivity index (χ1) is 13.0. The van der Waals surface area contributed by atoms with Crippen molar-refractivity contribution >= 4 is 17.6 Å². The second kappa shape index (κ2) is 7.13. The fourth-order valence-corrected chi connectivity index (χ4v) is 4.70. The van der Waals surface area contributed by atoms with Crippen LogP contribution >= 0.6 is 0 Å². The van der Waals surface area contributed by atoms with Crippen LogP contribution < -0.4 is 4.90 Å². The topological polar surface area (TPSA) is 56.8 Å². The van der Waals surface area contributed by atoms with E-state index in [1.54, 1.807) is 6.20 Å². The maximum atomic E-state index is 13.2. The van der Waals surface area contributed by atoms with Crippen molar-refractivity contribution in [2.75, 3.05) is 45.2 Å². The van der Waals surface area contributed by atoms with Crippen molar-refractivity contribution in [1.82, 2.24) is 14.8 Å². The normalized spacial score (nSPS) is 25.8. The van der Waals surface area contributed by atoms with Gasteiger partial charge in [-0.2, -0.15) is 0 Å². The Balaban J connectivity index is 1.43. The second-order valence-electron chi connectivity index (χ2n) is 8.71. The lowest BCUT2D eigenvalue weighted by Crippen LogP contribution is -2.52. The molecule has 1 aromatic rings.